The average molecular weight is 475 g/mol. The van der Waals surface area contributed by atoms with Crippen LogP contribution in [0.15, 0.2) is 85.2 Å². The first-order valence-corrected chi connectivity index (χ1v) is 12.7. The molecule has 7 nitrogen and oxygen atoms in total. The van der Waals surface area contributed by atoms with Crippen LogP contribution in [0.2, 0.25) is 0 Å². The molecule has 0 saturated heterocycles. The Morgan fingerprint density at radius 2 is 1.76 bits per heavy atom. The van der Waals surface area contributed by atoms with Crippen molar-refractivity contribution >= 4 is 21.6 Å². The highest BCUT2D eigenvalue weighted by molar-refractivity contribution is 7.92. The summed E-state index contributed by atoms with van der Waals surface area (Å²) in [4.78, 5) is 12.8. The molecule has 0 aliphatic heterocycles. The SMILES string of the molecule is Cc1ccc(C(=O)NCc2ccccc2-c2ccc(Cn3cccn3)cc2)cc1NS(C)(=O)=O. The number of rotatable bonds is 8. The molecule has 174 valence electrons. The normalized spacial score (nSPS) is 11.2. The molecule has 0 saturated carbocycles. The molecule has 0 radical (unpaired) electrons. The second kappa shape index (κ2) is 9.93. The summed E-state index contributed by atoms with van der Waals surface area (Å²) < 4.78 is 27.5. The van der Waals surface area contributed by atoms with Crippen molar-refractivity contribution in [1.29, 1.82) is 0 Å². The molecule has 0 bridgehead atoms. The number of nitrogens with one attached hydrogen (secondary N) is 2. The van der Waals surface area contributed by atoms with Gasteiger partial charge in [-0.05, 0) is 52.9 Å². The molecule has 0 atom stereocenters. The second-order valence-electron chi connectivity index (χ2n) is 8.14. The third-order valence-corrected chi connectivity index (χ3v) is 6.01. The summed E-state index contributed by atoms with van der Waals surface area (Å²) in [5, 5.41) is 7.19. The fraction of sp³-hybridized carbons (Fsp3) is 0.154. The first-order chi connectivity index (χ1) is 16.3. The topological polar surface area (TPSA) is 93.1 Å². The number of hydrogen-bond donors (Lipinski definition) is 2. The quantitative estimate of drug-likeness (QED) is 0.400. The fourth-order valence-corrected chi connectivity index (χ4v) is 4.30. The lowest BCUT2D eigenvalue weighted by molar-refractivity contribution is 0.0951. The summed E-state index contributed by atoms with van der Waals surface area (Å²) in [5.41, 5.74) is 5.75. The van der Waals surface area contributed by atoms with Crippen molar-refractivity contribution in [3.63, 3.8) is 0 Å². The maximum Gasteiger partial charge on any atom is 0.251 e. The van der Waals surface area contributed by atoms with Gasteiger partial charge in [-0.2, -0.15) is 5.10 Å². The lowest BCUT2D eigenvalue weighted by Crippen LogP contribution is -2.23. The van der Waals surface area contributed by atoms with Gasteiger partial charge in [0, 0.05) is 24.5 Å². The number of nitrogens with zero attached hydrogens (tertiary/aromatic N) is 2. The first-order valence-electron chi connectivity index (χ1n) is 10.8. The van der Waals surface area contributed by atoms with Gasteiger partial charge < -0.3 is 5.32 Å². The molecule has 4 rings (SSSR count). The van der Waals surface area contributed by atoms with Crippen molar-refractivity contribution in [3.05, 3.63) is 107 Å². The number of hydrogen-bond acceptors (Lipinski definition) is 4. The van der Waals surface area contributed by atoms with Crippen LogP contribution in [0.3, 0.4) is 0 Å². The molecule has 2 N–H and O–H groups in total. The molecule has 1 amide bonds. The Morgan fingerprint density at radius 3 is 2.47 bits per heavy atom. The Hall–Kier alpha value is -3.91. The highest BCUT2D eigenvalue weighted by atomic mass is 32.2. The van der Waals surface area contributed by atoms with Crippen LogP contribution < -0.4 is 10.0 Å². The zero-order valence-corrected chi connectivity index (χ0v) is 19.8. The number of aryl methyl sites for hydroxylation is 1. The number of benzene rings is 3. The van der Waals surface area contributed by atoms with Crippen LogP contribution in [0, 0.1) is 6.92 Å². The minimum Gasteiger partial charge on any atom is -0.348 e. The summed E-state index contributed by atoms with van der Waals surface area (Å²) in [6.07, 6.45) is 4.78. The lowest BCUT2D eigenvalue weighted by Gasteiger charge is -2.13. The second-order valence-corrected chi connectivity index (χ2v) is 9.89. The molecule has 0 aliphatic carbocycles. The van der Waals surface area contributed by atoms with Crippen LogP contribution in [0.25, 0.3) is 11.1 Å². The van der Waals surface area contributed by atoms with Gasteiger partial charge in [-0.25, -0.2) is 8.42 Å². The van der Waals surface area contributed by atoms with Crippen molar-refractivity contribution in [3.8, 4) is 11.1 Å². The van der Waals surface area contributed by atoms with Gasteiger partial charge in [0.2, 0.25) is 10.0 Å². The highest BCUT2D eigenvalue weighted by Crippen LogP contribution is 2.25. The Labute approximate surface area is 199 Å². The van der Waals surface area contributed by atoms with Gasteiger partial charge >= 0.3 is 0 Å². The van der Waals surface area contributed by atoms with Crippen LogP contribution >= 0.6 is 0 Å². The van der Waals surface area contributed by atoms with E-state index in [1.165, 1.54) is 0 Å². The highest BCUT2D eigenvalue weighted by Gasteiger charge is 2.12. The molecule has 34 heavy (non-hydrogen) atoms. The zero-order valence-electron chi connectivity index (χ0n) is 19.0. The Morgan fingerprint density at radius 1 is 1.00 bits per heavy atom. The van der Waals surface area contributed by atoms with Crippen molar-refractivity contribution in [2.75, 3.05) is 11.0 Å². The van der Waals surface area contributed by atoms with E-state index >= 15 is 0 Å². The van der Waals surface area contributed by atoms with E-state index in [1.807, 2.05) is 41.2 Å². The van der Waals surface area contributed by atoms with E-state index in [4.69, 9.17) is 0 Å². The monoisotopic (exact) mass is 474 g/mol. The van der Waals surface area contributed by atoms with E-state index in [1.54, 1.807) is 31.3 Å². The molecule has 3 aromatic carbocycles. The van der Waals surface area contributed by atoms with E-state index in [0.29, 0.717) is 24.3 Å². The Balaban J connectivity index is 1.48. The molecular formula is C26H26N4O3S. The van der Waals surface area contributed by atoms with E-state index < -0.39 is 10.0 Å². The van der Waals surface area contributed by atoms with Crippen molar-refractivity contribution in [2.45, 2.75) is 20.0 Å². The number of anilines is 1. The molecule has 1 heterocycles. The summed E-state index contributed by atoms with van der Waals surface area (Å²) in [5.74, 6) is -0.277. The Kier molecular flexibility index (Phi) is 6.79. The van der Waals surface area contributed by atoms with Gasteiger partial charge in [0.25, 0.3) is 5.91 Å². The number of aromatic nitrogens is 2. The van der Waals surface area contributed by atoms with E-state index in [9.17, 15) is 13.2 Å². The Bertz CT molecular complexity index is 1400. The number of amides is 1. The predicted octanol–water partition coefficient (Wildman–Crippen LogP) is 4.21. The minimum absolute atomic E-state index is 0.277. The minimum atomic E-state index is -3.44. The summed E-state index contributed by atoms with van der Waals surface area (Å²) in [7, 11) is -3.44. The largest absolute Gasteiger partial charge is 0.348 e. The first kappa shape index (κ1) is 23.3. The van der Waals surface area contributed by atoms with Gasteiger partial charge in [-0.1, -0.05) is 54.6 Å². The van der Waals surface area contributed by atoms with Gasteiger partial charge in [0.1, 0.15) is 0 Å². The number of carbonyl (C=O) groups excluding carboxylic acids is 1. The third kappa shape index (κ3) is 5.90. The molecular weight excluding hydrogens is 448 g/mol. The lowest BCUT2D eigenvalue weighted by atomic mass is 9.98. The summed E-state index contributed by atoms with van der Waals surface area (Å²) in [6, 6.07) is 23.1. The maximum atomic E-state index is 12.8. The van der Waals surface area contributed by atoms with E-state index in [0.717, 1.165) is 34.1 Å². The number of carbonyl (C=O) groups is 1. The molecule has 0 unspecified atom stereocenters. The van der Waals surface area contributed by atoms with E-state index in [-0.39, 0.29) is 5.91 Å². The molecule has 0 spiro atoms. The molecule has 4 aromatic rings. The van der Waals surface area contributed by atoms with Gasteiger partial charge in [0.15, 0.2) is 0 Å². The maximum absolute atomic E-state index is 12.8. The van der Waals surface area contributed by atoms with Crippen molar-refractivity contribution < 1.29 is 13.2 Å². The van der Waals surface area contributed by atoms with Gasteiger partial charge in [0.05, 0.1) is 18.5 Å². The van der Waals surface area contributed by atoms with Crippen LogP contribution in [-0.4, -0.2) is 30.4 Å². The van der Waals surface area contributed by atoms with Gasteiger partial charge in [-0.3, -0.25) is 14.2 Å². The standard InChI is InChI=1S/C26H26N4O3S/c1-19-8-11-22(16-25(19)29-34(2,32)33)26(31)27-17-23-6-3-4-7-24(23)21-12-9-20(10-13-21)18-30-15-5-14-28-30/h3-16,29H,17-18H2,1-2H3,(H,27,31). The zero-order chi connectivity index (χ0) is 24.1. The smallest absolute Gasteiger partial charge is 0.251 e. The molecule has 0 aliphatic rings. The van der Waals surface area contributed by atoms with Gasteiger partial charge in [-0.15, -0.1) is 0 Å². The van der Waals surface area contributed by atoms with Crippen molar-refractivity contribution in [2.24, 2.45) is 0 Å². The van der Waals surface area contributed by atoms with Crippen molar-refractivity contribution in [1.82, 2.24) is 15.1 Å². The predicted molar refractivity (Wildman–Crippen MR) is 134 cm³/mol. The molecule has 1 aromatic heterocycles. The average Bonchev–Trinajstić information content (AvgIpc) is 3.32. The van der Waals surface area contributed by atoms with Crippen LogP contribution in [0.4, 0.5) is 5.69 Å². The van der Waals surface area contributed by atoms with E-state index in [2.05, 4.69) is 39.4 Å². The molecule has 0 fully saturated rings. The van der Waals surface area contributed by atoms with Crippen LogP contribution in [-0.2, 0) is 23.1 Å². The fourth-order valence-electron chi connectivity index (χ4n) is 3.68. The summed E-state index contributed by atoms with van der Waals surface area (Å²) in [6.45, 7) is 2.83. The third-order valence-electron chi connectivity index (χ3n) is 5.42. The van der Waals surface area contributed by atoms with Crippen LogP contribution in [0.1, 0.15) is 27.0 Å². The van der Waals surface area contributed by atoms with Crippen LogP contribution in [0.5, 0.6) is 0 Å². The molecule has 8 heteroatoms. The summed E-state index contributed by atoms with van der Waals surface area (Å²) >= 11 is 0. The number of sulfonamides is 1.